The van der Waals surface area contributed by atoms with Gasteiger partial charge in [-0.3, -0.25) is 0 Å². The van der Waals surface area contributed by atoms with Crippen LogP contribution in [0.4, 0.5) is 0 Å². The van der Waals surface area contributed by atoms with Crippen LogP contribution in [0, 0.1) is 18.8 Å². The van der Waals surface area contributed by atoms with Gasteiger partial charge < -0.3 is 5.32 Å². The van der Waals surface area contributed by atoms with Gasteiger partial charge in [0, 0.05) is 25.0 Å². The van der Waals surface area contributed by atoms with Gasteiger partial charge in [0.05, 0.1) is 0 Å². The van der Waals surface area contributed by atoms with Crippen LogP contribution in [0.5, 0.6) is 0 Å². The average Bonchev–Trinajstić information content (AvgIpc) is 2.88. The van der Waals surface area contributed by atoms with Gasteiger partial charge in [0.2, 0.25) is 0 Å². The molecule has 6 heteroatoms. The molecule has 1 aliphatic carbocycles. The highest BCUT2D eigenvalue weighted by atomic mass is 32.2. The highest BCUT2D eigenvalue weighted by Crippen LogP contribution is 2.39. The van der Waals surface area contributed by atoms with Gasteiger partial charge >= 0.3 is 0 Å². The summed E-state index contributed by atoms with van der Waals surface area (Å²) >= 11 is 1.38. The van der Waals surface area contributed by atoms with Crippen LogP contribution in [0.3, 0.4) is 0 Å². The average molecular weight is 302 g/mol. The Balaban J connectivity index is 2.16. The maximum absolute atomic E-state index is 12.5. The minimum absolute atomic E-state index is 0.464. The molecule has 2 atom stereocenters. The zero-order valence-electron chi connectivity index (χ0n) is 11.9. The molecule has 1 fully saturated rings. The number of rotatable bonds is 6. The smallest absolute Gasteiger partial charge is 0.252 e. The summed E-state index contributed by atoms with van der Waals surface area (Å²) in [6, 6.07) is 1.79. The van der Waals surface area contributed by atoms with Gasteiger partial charge in [-0.2, -0.15) is 4.31 Å². The lowest BCUT2D eigenvalue weighted by Crippen LogP contribution is -2.28. The van der Waals surface area contributed by atoms with E-state index in [2.05, 4.69) is 12.2 Å². The minimum atomic E-state index is -3.31. The standard InChI is InChI=1S/C13H22N2O2S2/c1-9-5-11(9)8-15(4)19(16,17)13-6-10(2)12(18-13)7-14-3/h6,9,11,14H,5,7-8H2,1-4H3. The Hall–Kier alpha value is -0.430. The molecule has 1 aromatic rings. The molecule has 1 N–H and O–H groups in total. The minimum Gasteiger partial charge on any atom is -0.315 e. The van der Waals surface area contributed by atoms with E-state index in [1.54, 1.807) is 13.1 Å². The van der Waals surface area contributed by atoms with Crippen LogP contribution in [-0.4, -0.2) is 33.4 Å². The topological polar surface area (TPSA) is 49.4 Å². The molecule has 1 aromatic heterocycles. The van der Waals surface area contributed by atoms with Crippen molar-refractivity contribution in [2.45, 2.75) is 31.0 Å². The second kappa shape index (κ2) is 5.52. The molecule has 1 heterocycles. The van der Waals surface area contributed by atoms with Crippen LogP contribution in [0.15, 0.2) is 10.3 Å². The quantitative estimate of drug-likeness (QED) is 0.875. The maximum atomic E-state index is 12.5. The molecule has 0 saturated heterocycles. The van der Waals surface area contributed by atoms with E-state index in [0.29, 0.717) is 22.6 Å². The number of sulfonamides is 1. The highest BCUT2D eigenvalue weighted by Gasteiger charge is 2.36. The first kappa shape index (κ1) is 15.0. The van der Waals surface area contributed by atoms with Crippen LogP contribution < -0.4 is 5.32 Å². The fraction of sp³-hybridized carbons (Fsp3) is 0.692. The predicted octanol–water partition coefficient (Wildman–Crippen LogP) is 2.05. The normalized spacial score (nSPS) is 23.0. The SMILES string of the molecule is CNCc1sc(S(=O)(=O)N(C)CC2CC2C)cc1C. The summed E-state index contributed by atoms with van der Waals surface area (Å²) in [4.78, 5) is 1.09. The number of hydrogen-bond donors (Lipinski definition) is 1. The van der Waals surface area contributed by atoms with E-state index < -0.39 is 10.0 Å². The van der Waals surface area contributed by atoms with Crippen molar-refractivity contribution in [3.05, 3.63) is 16.5 Å². The second-order valence-corrected chi connectivity index (χ2v) is 8.87. The van der Waals surface area contributed by atoms with E-state index in [1.807, 2.05) is 14.0 Å². The third-order valence-electron chi connectivity index (χ3n) is 3.77. The molecular weight excluding hydrogens is 280 g/mol. The molecule has 4 nitrogen and oxygen atoms in total. The van der Waals surface area contributed by atoms with Gasteiger partial charge in [0.1, 0.15) is 4.21 Å². The summed E-state index contributed by atoms with van der Waals surface area (Å²) in [6.07, 6.45) is 1.15. The van der Waals surface area contributed by atoms with Crippen molar-refractivity contribution in [2.75, 3.05) is 20.6 Å². The first-order chi connectivity index (χ1) is 8.86. The molecule has 1 aliphatic rings. The van der Waals surface area contributed by atoms with Crippen molar-refractivity contribution in [3.8, 4) is 0 Å². The molecule has 108 valence electrons. The van der Waals surface area contributed by atoms with Crippen LogP contribution in [0.2, 0.25) is 0 Å². The summed E-state index contributed by atoms with van der Waals surface area (Å²) in [5.41, 5.74) is 1.05. The van der Waals surface area contributed by atoms with Gasteiger partial charge in [0.25, 0.3) is 10.0 Å². The molecule has 19 heavy (non-hydrogen) atoms. The zero-order chi connectivity index (χ0) is 14.2. The van der Waals surface area contributed by atoms with Crippen LogP contribution in [-0.2, 0) is 16.6 Å². The summed E-state index contributed by atoms with van der Waals surface area (Å²) < 4.78 is 26.9. The number of thiophene rings is 1. The molecule has 0 amide bonds. The molecule has 0 radical (unpaired) electrons. The fourth-order valence-electron chi connectivity index (χ4n) is 2.19. The van der Waals surface area contributed by atoms with Gasteiger partial charge in [-0.1, -0.05) is 6.92 Å². The molecular formula is C13H22N2O2S2. The Kier molecular flexibility index (Phi) is 4.35. The Morgan fingerprint density at radius 2 is 2.16 bits per heavy atom. The van der Waals surface area contributed by atoms with Crippen LogP contribution in [0.1, 0.15) is 23.8 Å². The van der Waals surface area contributed by atoms with E-state index in [1.165, 1.54) is 15.6 Å². The Morgan fingerprint density at radius 1 is 1.53 bits per heavy atom. The fourth-order valence-corrected chi connectivity index (χ4v) is 5.23. The zero-order valence-corrected chi connectivity index (χ0v) is 13.6. The lowest BCUT2D eigenvalue weighted by molar-refractivity contribution is 0.446. The van der Waals surface area contributed by atoms with Gasteiger partial charge in [-0.05, 0) is 43.9 Å². The predicted molar refractivity (Wildman–Crippen MR) is 78.9 cm³/mol. The Morgan fingerprint density at radius 3 is 2.68 bits per heavy atom. The Labute approximate surface area is 119 Å². The van der Waals surface area contributed by atoms with Crippen molar-refractivity contribution in [2.24, 2.45) is 11.8 Å². The van der Waals surface area contributed by atoms with Crippen molar-refractivity contribution in [3.63, 3.8) is 0 Å². The number of aryl methyl sites for hydroxylation is 1. The second-order valence-electron chi connectivity index (χ2n) is 5.46. The molecule has 1 saturated carbocycles. The molecule has 0 aliphatic heterocycles. The van der Waals surface area contributed by atoms with Crippen molar-refractivity contribution >= 4 is 21.4 Å². The van der Waals surface area contributed by atoms with Gasteiger partial charge in [-0.15, -0.1) is 11.3 Å². The van der Waals surface area contributed by atoms with E-state index in [0.717, 1.165) is 23.4 Å². The Bertz CT molecular complexity index is 551. The maximum Gasteiger partial charge on any atom is 0.252 e. The summed E-state index contributed by atoms with van der Waals surface area (Å²) in [7, 11) is 0.243. The monoisotopic (exact) mass is 302 g/mol. The highest BCUT2D eigenvalue weighted by molar-refractivity contribution is 7.91. The van der Waals surface area contributed by atoms with Crippen molar-refractivity contribution in [1.82, 2.24) is 9.62 Å². The van der Waals surface area contributed by atoms with Crippen molar-refractivity contribution < 1.29 is 8.42 Å². The van der Waals surface area contributed by atoms with E-state index >= 15 is 0 Å². The summed E-state index contributed by atoms with van der Waals surface area (Å²) in [5.74, 6) is 1.21. The molecule has 2 rings (SSSR count). The molecule has 2 unspecified atom stereocenters. The van der Waals surface area contributed by atoms with E-state index in [-0.39, 0.29) is 0 Å². The number of hydrogen-bond acceptors (Lipinski definition) is 4. The third kappa shape index (κ3) is 3.18. The third-order valence-corrected chi connectivity index (χ3v) is 7.28. The van der Waals surface area contributed by atoms with Gasteiger partial charge in [-0.25, -0.2) is 8.42 Å². The van der Waals surface area contributed by atoms with Crippen LogP contribution >= 0.6 is 11.3 Å². The van der Waals surface area contributed by atoms with E-state index in [9.17, 15) is 8.42 Å². The largest absolute Gasteiger partial charge is 0.315 e. The lowest BCUT2D eigenvalue weighted by atomic mass is 10.3. The number of nitrogens with zero attached hydrogens (tertiary/aromatic N) is 1. The molecule has 0 aromatic carbocycles. The first-order valence-corrected chi connectivity index (χ1v) is 8.82. The van der Waals surface area contributed by atoms with Crippen molar-refractivity contribution in [1.29, 1.82) is 0 Å². The van der Waals surface area contributed by atoms with Gasteiger partial charge in [0.15, 0.2) is 0 Å². The summed E-state index contributed by atoms with van der Waals surface area (Å²) in [5, 5.41) is 3.07. The lowest BCUT2D eigenvalue weighted by Gasteiger charge is -2.15. The van der Waals surface area contributed by atoms with Crippen LogP contribution in [0.25, 0.3) is 0 Å². The molecule has 0 spiro atoms. The summed E-state index contributed by atoms with van der Waals surface area (Å²) in [6.45, 7) is 5.49. The van der Waals surface area contributed by atoms with E-state index in [4.69, 9.17) is 0 Å². The first-order valence-electron chi connectivity index (χ1n) is 6.56. The number of nitrogens with one attached hydrogen (secondary N) is 1. The molecule has 0 bridgehead atoms.